The Morgan fingerprint density at radius 1 is 0.521 bits per heavy atom. The quantitative estimate of drug-likeness (QED) is 0.0487. The maximum absolute atomic E-state index is 13.9. The second kappa shape index (κ2) is 36.5. The summed E-state index contributed by atoms with van der Waals surface area (Å²) in [5.74, 6) is -0.462. The van der Waals surface area contributed by atoms with Crippen LogP contribution in [0.5, 0.6) is 0 Å². The molecule has 3 aliphatic heterocycles. The molecule has 3 fully saturated rings. The van der Waals surface area contributed by atoms with E-state index in [-0.39, 0.29) is 39.1 Å². The molecule has 96 heavy (non-hydrogen) atoms. The van der Waals surface area contributed by atoms with Crippen LogP contribution in [-0.4, -0.2) is 243 Å². The van der Waals surface area contributed by atoms with Crippen molar-refractivity contribution in [1.29, 1.82) is 0 Å². The van der Waals surface area contributed by atoms with E-state index in [9.17, 15) is 43.9 Å². The van der Waals surface area contributed by atoms with E-state index in [1.807, 2.05) is 104 Å². The summed E-state index contributed by atoms with van der Waals surface area (Å²) < 4.78 is 42.3. The summed E-state index contributed by atoms with van der Waals surface area (Å²) in [6, 6.07) is 7.77. The number of azide groups is 1. The monoisotopic (exact) mass is 1350 g/mol. The summed E-state index contributed by atoms with van der Waals surface area (Å²) >= 11 is 0. The summed E-state index contributed by atoms with van der Waals surface area (Å²) in [5.41, 5.74) is 6.83. The lowest BCUT2D eigenvalue weighted by molar-refractivity contribution is -0.148. The van der Waals surface area contributed by atoms with Crippen LogP contribution in [0.25, 0.3) is 10.4 Å². The van der Waals surface area contributed by atoms with Crippen LogP contribution in [0.4, 0.5) is 24.0 Å². The van der Waals surface area contributed by atoms with Gasteiger partial charge in [0.25, 0.3) is 5.56 Å². The number of hydrogen-bond acceptors (Lipinski definition) is 19. The molecule has 5 amide bonds. The second-order valence-electron chi connectivity index (χ2n) is 30.2. The van der Waals surface area contributed by atoms with Crippen LogP contribution in [0.2, 0.25) is 0 Å². The number of nitrogens with one attached hydrogen (secondary N) is 1. The van der Waals surface area contributed by atoms with Crippen LogP contribution in [-0.2, 0) is 51.0 Å². The van der Waals surface area contributed by atoms with Crippen LogP contribution in [0.3, 0.4) is 0 Å². The SMILES string of the molecule is Cc1cn([C@H]2C[C@H](N=[N+]=[N-])[C@@H](COC(=O)CCCCN3CCCN(Cc4ccc(CN5CCCN(C(=O)OC(C)(C)C)CCN(C(=O)OC(C)(C)C)CCCN(C(=O)OC(C)(C)C)CC5)cc4)CCN(C(=O)OC(C)(C)C)CCCN(C(=O)OC(C)(C)C)CC3)O2)c(=O)[nH]c1=O. The number of H-pyrrole nitrogens is 1. The topological polar surface area (TPSA) is 297 Å². The number of benzene rings is 1. The molecule has 0 saturated carbocycles. The Balaban J connectivity index is 1.32. The Labute approximate surface area is 568 Å². The highest BCUT2D eigenvalue weighted by Crippen LogP contribution is 2.31. The van der Waals surface area contributed by atoms with Gasteiger partial charge < -0.3 is 62.6 Å². The van der Waals surface area contributed by atoms with Gasteiger partial charge in [-0.1, -0.05) is 29.4 Å². The molecule has 0 bridgehead atoms. The molecule has 5 rings (SSSR count). The number of aromatic nitrogens is 2. The summed E-state index contributed by atoms with van der Waals surface area (Å²) in [6.07, 6.45) is 1.05. The fourth-order valence-electron chi connectivity index (χ4n) is 11.1. The second-order valence-corrected chi connectivity index (χ2v) is 30.2. The van der Waals surface area contributed by atoms with Crippen LogP contribution >= 0.6 is 0 Å². The molecule has 3 saturated heterocycles. The highest BCUT2D eigenvalue weighted by atomic mass is 16.6. The highest BCUT2D eigenvalue weighted by molar-refractivity contribution is 5.71. The van der Waals surface area contributed by atoms with Gasteiger partial charge in [0.1, 0.15) is 46.9 Å². The van der Waals surface area contributed by atoms with Crippen LogP contribution in [0.1, 0.15) is 178 Å². The van der Waals surface area contributed by atoms with Crippen molar-refractivity contribution in [2.75, 3.05) is 118 Å². The van der Waals surface area contributed by atoms with Gasteiger partial charge in [-0.15, -0.1) is 0 Å². The van der Waals surface area contributed by atoms with Crippen molar-refractivity contribution < 1.29 is 61.9 Å². The summed E-state index contributed by atoms with van der Waals surface area (Å²) in [4.78, 5) is 127. The van der Waals surface area contributed by atoms with Crippen molar-refractivity contribution in [2.24, 2.45) is 5.11 Å². The summed E-state index contributed by atoms with van der Waals surface area (Å²) in [6.45, 7) is 37.1. The number of hydrogen-bond donors (Lipinski definition) is 1. The zero-order chi connectivity index (χ0) is 71.2. The number of aromatic amines is 1. The Morgan fingerprint density at radius 3 is 1.26 bits per heavy atom. The average molecular weight is 1350 g/mol. The molecule has 0 spiro atoms. The number of carbonyl (C=O) groups excluding carboxylic acids is 6. The molecular formula is C68H113N13O15. The van der Waals surface area contributed by atoms with E-state index in [2.05, 4.69) is 54.0 Å². The molecule has 2 aromatic rings. The molecule has 0 radical (unpaired) electrons. The van der Waals surface area contributed by atoms with Gasteiger partial charge in [0.15, 0.2) is 0 Å². The van der Waals surface area contributed by atoms with Gasteiger partial charge in [0.2, 0.25) is 0 Å². The number of unbranched alkanes of at least 4 members (excludes halogenated alkanes) is 1. The van der Waals surface area contributed by atoms with E-state index in [0.29, 0.717) is 142 Å². The predicted octanol–water partition coefficient (Wildman–Crippen LogP) is 9.90. The van der Waals surface area contributed by atoms with Crippen molar-refractivity contribution in [1.82, 2.24) is 48.8 Å². The Hall–Kier alpha value is -7.13. The Kier molecular flexibility index (Phi) is 30.2. The van der Waals surface area contributed by atoms with Gasteiger partial charge in [-0.2, -0.15) is 0 Å². The minimum atomic E-state index is -0.844. The molecule has 3 aliphatic rings. The van der Waals surface area contributed by atoms with Crippen LogP contribution in [0, 0.1) is 6.92 Å². The zero-order valence-electron chi connectivity index (χ0n) is 60.4. The predicted molar refractivity (Wildman–Crippen MR) is 363 cm³/mol. The molecule has 1 aromatic carbocycles. The first-order chi connectivity index (χ1) is 44.8. The maximum Gasteiger partial charge on any atom is 0.410 e. The summed E-state index contributed by atoms with van der Waals surface area (Å²) in [5, 5.41) is 3.84. The van der Waals surface area contributed by atoms with E-state index in [1.165, 1.54) is 10.8 Å². The van der Waals surface area contributed by atoms with E-state index in [1.54, 1.807) is 31.4 Å². The molecule has 1 aromatic heterocycles. The number of esters is 1. The van der Waals surface area contributed by atoms with Gasteiger partial charge in [-0.25, -0.2) is 28.8 Å². The van der Waals surface area contributed by atoms with E-state index in [4.69, 9.17) is 33.2 Å². The minimum absolute atomic E-state index is 0.109. The molecule has 540 valence electrons. The first-order valence-electron chi connectivity index (χ1n) is 34.1. The smallest absolute Gasteiger partial charge is 0.410 e. The third kappa shape index (κ3) is 29.7. The lowest BCUT2D eigenvalue weighted by Gasteiger charge is -2.34. The standard InChI is InChI=1S/C68H113N13O15/c1-50-46-81(58(84)70-57(50)83)55-45-53(71-72-69)54(91-55)49-90-56(82)23-17-18-28-73-29-19-30-74(38-41-77(60(86)93-65(5,6)7)34-21-33-76(40-37-73)59(85)92-64(2,3)4)47-51-24-26-52(27-25-51)48-75-31-20-32-79(62(88)95-67(11,12)13)43-44-80(63(89)96-68(14,15)16)36-22-35-78(42-39-75)61(87)94-66(8,9)10/h24-27,46,53-55H,17-23,28-45,47-49H2,1-16H3,(H,70,83,84)/t53-,54+,55+/m0/s1. The fraction of sp³-hybridized carbons (Fsp3) is 0.765. The molecule has 1 N–H and O–H groups in total. The lowest BCUT2D eigenvalue weighted by atomic mass is 10.1. The maximum atomic E-state index is 13.9. The van der Waals surface area contributed by atoms with Crippen LogP contribution in [0.15, 0.2) is 45.2 Å². The van der Waals surface area contributed by atoms with Gasteiger partial charge in [0, 0.05) is 134 Å². The number of amides is 5. The first-order valence-corrected chi connectivity index (χ1v) is 34.1. The third-order valence-electron chi connectivity index (χ3n) is 15.7. The summed E-state index contributed by atoms with van der Waals surface area (Å²) in [7, 11) is 0. The number of nitrogens with zero attached hydrogens (tertiary/aromatic N) is 12. The zero-order valence-corrected chi connectivity index (χ0v) is 60.4. The van der Waals surface area contributed by atoms with Crippen molar-refractivity contribution in [3.8, 4) is 0 Å². The van der Waals surface area contributed by atoms with Gasteiger partial charge in [-0.3, -0.25) is 28.9 Å². The van der Waals surface area contributed by atoms with Gasteiger partial charge in [0.05, 0.1) is 6.04 Å². The van der Waals surface area contributed by atoms with Crippen LogP contribution < -0.4 is 11.2 Å². The molecule has 0 aliphatic carbocycles. The average Bonchev–Trinajstić information content (AvgIpc) is 1.60. The van der Waals surface area contributed by atoms with Crippen molar-refractivity contribution in [3.63, 3.8) is 0 Å². The number of aryl methyl sites for hydroxylation is 1. The number of rotatable bonds is 13. The normalized spacial score (nSPS) is 19.9. The van der Waals surface area contributed by atoms with E-state index in [0.717, 1.165) is 17.5 Å². The van der Waals surface area contributed by atoms with Crippen molar-refractivity contribution in [2.45, 2.75) is 222 Å². The highest BCUT2D eigenvalue weighted by Gasteiger charge is 2.38. The van der Waals surface area contributed by atoms with Gasteiger partial charge in [-0.05, 0) is 186 Å². The number of ether oxygens (including phenoxy) is 7. The minimum Gasteiger partial charge on any atom is -0.463 e. The largest absolute Gasteiger partial charge is 0.463 e. The van der Waals surface area contributed by atoms with Crippen molar-refractivity contribution in [3.05, 3.63) is 78.4 Å². The lowest BCUT2D eigenvalue weighted by Crippen LogP contribution is -2.47. The molecule has 4 heterocycles. The molecular weight excluding hydrogens is 1240 g/mol. The molecule has 28 heteroatoms. The van der Waals surface area contributed by atoms with E-state index >= 15 is 0 Å². The third-order valence-corrected chi connectivity index (χ3v) is 15.7. The molecule has 28 nitrogen and oxygen atoms in total. The fourth-order valence-corrected chi connectivity index (χ4v) is 11.1. The van der Waals surface area contributed by atoms with Crippen molar-refractivity contribution >= 4 is 36.4 Å². The Bertz CT molecular complexity index is 3010. The molecule has 0 unspecified atom stereocenters. The van der Waals surface area contributed by atoms with E-state index < -0.39 is 94.1 Å². The van der Waals surface area contributed by atoms with Gasteiger partial charge >= 0.3 is 42.1 Å². The first kappa shape index (κ1) is 79.6. The molecule has 3 atom stereocenters. The number of carbonyl (C=O) groups is 6. The Morgan fingerprint density at radius 2 is 0.875 bits per heavy atom.